The highest BCUT2D eigenvalue weighted by molar-refractivity contribution is 7.97. The third-order valence-corrected chi connectivity index (χ3v) is 6.48. The molecule has 1 unspecified atom stereocenters. The molecule has 1 saturated heterocycles. The summed E-state index contributed by atoms with van der Waals surface area (Å²) in [5.74, 6) is 4.89. The van der Waals surface area contributed by atoms with E-state index in [9.17, 15) is 4.79 Å². The average molecular weight is 266 g/mol. The van der Waals surface area contributed by atoms with Crippen LogP contribution < -0.4 is 10.0 Å². The molecule has 3 nitrogen and oxygen atoms in total. The van der Waals surface area contributed by atoms with E-state index < -0.39 is 0 Å². The maximum atomic E-state index is 12.3. The first-order valence-corrected chi connectivity index (χ1v) is 8.46. The van der Waals surface area contributed by atoms with E-state index in [0.29, 0.717) is 6.04 Å². The van der Waals surface area contributed by atoms with Crippen molar-refractivity contribution < 1.29 is 4.79 Å². The second-order valence-corrected chi connectivity index (χ2v) is 7.71. The summed E-state index contributed by atoms with van der Waals surface area (Å²) < 4.78 is 3.23. The molecule has 2 N–H and O–H groups in total. The van der Waals surface area contributed by atoms with E-state index in [1.807, 2.05) is 0 Å². The predicted molar refractivity (Wildman–Crippen MR) is 73.0 cm³/mol. The van der Waals surface area contributed by atoms with Crippen LogP contribution in [0.25, 0.3) is 0 Å². The summed E-state index contributed by atoms with van der Waals surface area (Å²) in [5, 5.41) is 3.39. The molecule has 18 heavy (non-hydrogen) atoms. The summed E-state index contributed by atoms with van der Waals surface area (Å²) in [4.78, 5) is 12.3. The van der Waals surface area contributed by atoms with E-state index in [4.69, 9.17) is 0 Å². The molecular formula is C14H22N2OS. The van der Waals surface area contributed by atoms with Gasteiger partial charge < -0.3 is 5.32 Å². The smallest absolute Gasteiger partial charge is 0.238 e. The zero-order valence-corrected chi connectivity index (χ0v) is 11.5. The van der Waals surface area contributed by atoms with E-state index in [-0.39, 0.29) is 11.9 Å². The van der Waals surface area contributed by atoms with Crippen LogP contribution in [-0.2, 0) is 4.79 Å². The molecule has 5 fully saturated rings. The zero-order chi connectivity index (χ0) is 12.1. The minimum atomic E-state index is 0.0622. The van der Waals surface area contributed by atoms with Crippen molar-refractivity contribution >= 4 is 17.9 Å². The van der Waals surface area contributed by atoms with Gasteiger partial charge in [-0.15, -0.1) is 0 Å². The first-order valence-electron chi connectivity index (χ1n) is 7.47. The quantitative estimate of drug-likeness (QED) is 0.751. The summed E-state index contributed by atoms with van der Waals surface area (Å²) in [6.45, 7) is 0. The van der Waals surface area contributed by atoms with Gasteiger partial charge in [0, 0.05) is 11.8 Å². The molecule has 0 aromatic rings. The number of carbonyl (C=O) groups excluding carboxylic acids is 1. The Kier molecular flexibility index (Phi) is 2.84. The van der Waals surface area contributed by atoms with Crippen LogP contribution in [0.2, 0.25) is 0 Å². The molecule has 0 aromatic carbocycles. The highest BCUT2D eigenvalue weighted by Crippen LogP contribution is 2.53. The van der Waals surface area contributed by atoms with E-state index >= 15 is 0 Å². The highest BCUT2D eigenvalue weighted by Gasteiger charge is 2.48. The van der Waals surface area contributed by atoms with Gasteiger partial charge in [-0.05, 0) is 62.2 Å². The Balaban J connectivity index is 1.44. The van der Waals surface area contributed by atoms with Crippen LogP contribution in [0.1, 0.15) is 38.5 Å². The summed E-state index contributed by atoms with van der Waals surface area (Å²) >= 11 is 1.69. The molecule has 100 valence electrons. The number of rotatable bonds is 2. The SMILES string of the molecule is O=C(NC1C2CC3CC(C2)CC1C3)C1CCSN1. The van der Waals surface area contributed by atoms with Gasteiger partial charge in [0.1, 0.15) is 0 Å². The van der Waals surface area contributed by atoms with Gasteiger partial charge in [-0.2, -0.15) is 0 Å². The van der Waals surface area contributed by atoms with Gasteiger partial charge in [-0.3, -0.25) is 9.52 Å². The van der Waals surface area contributed by atoms with Gasteiger partial charge in [0.25, 0.3) is 0 Å². The number of hydrogen-bond acceptors (Lipinski definition) is 3. The van der Waals surface area contributed by atoms with E-state index in [2.05, 4.69) is 10.0 Å². The molecule has 4 aliphatic carbocycles. The van der Waals surface area contributed by atoms with Crippen LogP contribution in [0.15, 0.2) is 0 Å². The lowest BCUT2D eigenvalue weighted by Gasteiger charge is -2.54. The molecule has 5 rings (SSSR count). The molecule has 1 atom stereocenters. The summed E-state index contributed by atoms with van der Waals surface area (Å²) in [7, 11) is 0. The van der Waals surface area contributed by atoms with Crippen molar-refractivity contribution in [3.05, 3.63) is 0 Å². The highest BCUT2D eigenvalue weighted by atomic mass is 32.2. The lowest BCUT2D eigenvalue weighted by atomic mass is 9.54. The first-order chi connectivity index (χ1) is 8.79. The molecule has 0 aromatic heterocycles. The molecule has 1 amide bonds. The molecule has 4 heteroatoms. The molecule has 5 aliphatic rings. The normalized spacial score (nSPS) is 49.6. The number of amides is 1. The van der Waals surface area contributed by atoms with Gasteiger partial charge in [-0.25, -0.2) is 0 Å². The Morgan fingerprint density at radius 1 is 1.06 bits per heavy atom. The largest absolute Gasteiger partial charge is 0.351 e. The molecule has 1 aliphatic heterocycles. The first kappa shape index (κ1) is 11.6. The van der Waals surface area contributed by atoms with Crippen LogP contribution in [0.3, 0.4) is 0 Å². The van der Waals surface area contributed by atoms with E-state index in [0.717, 1.165) is 35.8 Å². The van der Waals surface area contributed by atoms with Crippen molar-refractivity contribution in [1.29, 1.82) is 0 Å². The number of hydrogen-bond donors (Lipinski definition) is 2. The fraction of sp³-hybridized carbons (Fsp3) is 0.929. The number of carbonyl (C=O) groups is 1. The Labute approximate surface area is 113 Å². The Hall–Kier alpha value is -0.220. The molecule has 0 spiro atoms. The van der Waals surface area contributed by atoms with Crippen molar-refractivity contribution in [3.63, 3.8) is 0 Å². The second-order valence-electron chi connectivity index (χ2n) is 6.77. The maximum Gasteiger partial charge on any atom is 0.238 e. The van der Waals surface area contributed by atoms with Gasteiger partial charge in [0.2, 0.25) is 5.91 Å². The summed E-state index contributed by atoms with van der Waals surface area (Å²) in [6.07, 6.45) is 7.99. The van der Waals surface area contributed by atoms with Crippen molar-refractivity contribution in [1.82, 2.24) is 10.0 Å². The summed E-state index contributed by atoms with van der Waals surface area (Å²) in [6, 6.07) is 0.560. The Morgan fingerprint density at radius 2 is 1.72 bits per heavy atom. The second kappa shape index (κ2) is 4.41. The minimum Gasteiger partial charge on any atom is -0.351 e. The minimum absolute atomic E-state index is 0.0622. The summed E-state index contributed by atoms with van der Waals surface area (Å²) in [5.41, 5.74) is 0. The standard InChI is InChI=1S/C14H22N2OS/c17-14(12-1-2-18-16-12)15-13-10-4-8-3-9(6-10)7-11(13)5-8/h8-13,16H,1-7H2,(H,15,17). The topological polar surface area (TPSA) is 41.1 Å². The predicted octanol–water partition coefficient (Wildman–Crippen LogP) is 1.94. The van der Waals surface area contributed by atoms with E-state index in [1.165, 1.54) is 32.1 Å². The van der Waals surface area contributed by atoms with Crippen LogP contribution in [-0.4, -0.2) is 23.7 Å². The van der Waals surface area contributed by atoms with Gasteiger partial charge in [-0.1, -0.05) is 11.9 Å². The molecular weight excluding hydrogens is 244 g/mol. The average Bonchev–Trinajstić information content (AvgIpc) is 2.86. The maximum absolute atomic E-state index is 12.3. The van der Waals surface area contributed by atoms with Gasteiger partial charge in [0.15, 0.2) is 0 Å². The number of nitrogens with one attached hydrogen (secondary N) is 2. The molecule has 0 radical (unpaired) electrons. The van der Waals surface area contributed by atoms with Gasteiger partial charge in [0.05, 0.1) is 6.04 Å². The zero-order valence-electron chi connectivity index (χ0n) is 10.7. The van der Waals surface area contributed by atoms with Crippen molar-refractivity contribution in [3.8, 4) is 0 Å². The molecule has 1 heterocycles. The monoisotopic (exact) mass is 266 g/mol. The van der Waals surface area contributed by atoms with Crippen molar-refractivity contribution in [2.24, 2.45) is 23.7 Å². The third kappa shape index (κ3) is 1.88. The van der Waals surface area contributed by atoms with E-state index in [1.54, 1.807) is 11.9 Å². The lowest BCUT2D eigenvalue weighted by Crippen LogP contribution is -2.57. The Morgan fingerprint density at radius 3 is 2.28 bits per heavy atom. The van der Waals surface area contributed by atoms with Crippen molar-refractivity contribution in [2.75, 3.05) is 5.75 Å². The lowest BCUT2D eigenvalue weighted by molar-refractivity contribution is -0.126. The molecule has 4 bridgehead atoms. The van der Waals surface area contributed by atoms with Gasteiger partial charge >= 0.3 is 0 Å². The fourth-order valence-electron chi connectivity index (χ4n) is 5.01. The third-order valence-electron chi connectivity index (χ3n) is 5.59. The molecule has 4 saturated carbocycles. The van der Waals surface area contributed by atoms with Crippen LogP contribution in [0.4, 0.5) is 0 Å². The van der Waals surface area contributed by atoms with Crippen LogP contribution in [0.5, 0.6) is 0 Å². The van der Waals surface area contributed by atoms with Crippen LogP contribution >= 0.6 is 11.9 Å². The fourth-order valence-corrected chi connectivity index (χ4v) is 5.90. The van der Waals surface area contributed by atoms with Crippen LogP contribution in [0, 0.1) is 23.7 Å². The van der Waals surface area contributed by atoms with Crippen molar-refractivity contribution in [2.45, 2.75) is 50.6 Å². The Bertz CT molecular complexity index is 326.